The Morgan fingerprint density at radius 3 is 2.45 bits per heavy atom. The molecule has 1 aromatic carbocycles. The largest absolute Gasteiger partial charge is 0.378 e. The van der Waals surface area contributed by atoms with Crippen LogP contribution >= 0.6 is 0 Å². The van der Waals surface area contributed by atoms with Gasteiger partial charge in [0.05, 0.1) is 48.8 Å². The number of anilines is 3. The number of carbonyl (C=O) groups is 6. The van der Waals surface area contributed by atoms with E-state index >= 15 is 0 Å². The summed E-state index contributed by atoms with van der Waals surface area (Å²) >= 11 is 0. The van der Waals surface area contributed by atoms with Crippen LogP contribution in [0.3, 0.4) is 0 Å². The number of nitrogens with one attached hydrogen (secondary N) is 3. The van der Waals surface area contributed by atoms with Gasteiger partial charge >= 0.3 is 0 Å². The Kier molecular flexibility index (Phi) is 11.3. The summed E-state index contributed by atoms with van der Waals surface area (Å²) in [6, 6.07) is 5.45. The zero-order valence-electron chi connectivity index (χ0n) is 35.7. The van der Waals surface area contributed by atoms with Crippen LogP contribution in [0, 0.1) is 11.3 Å². The molecule has 1 saturated carbocycles. The number of ether oxygens (including phenoxy) is 1. The van der Waals surface area contributed by atoms with E-state index in [1.165, 1.54) is 23.0 Å². The second kappa shape index (κ2) is 17.2. The second-order valence-corrected chi connectivity index (χ2v) is 18.1. The first-order valence-corrected chi connectivity index (χ1v) is 22.4. The smallest absolute Gasteiger partial charge is 0.284 e. The quantitative estimate of drug-likeness (QED) is 0.185. The SMILES string of the molecule is O=C1CCC(N2C(=O)c3cccc(NCC(=O)N4CC5(CCN(C[C@H]6CC[C@H](n7cc(NC(=O)c8cnn9ccc(N%10CCOCC%10)nc89)c(C(F)F)n7)CC6)CC5)C4)c3C2=O)C(=O)N1. The number of benzene rings is 1. The average Bonchev–Trinajstić information content (AvgIpc) is 4.00. The number of likely N-dealkylation sites (tertiary alicyclic amines) is 2. The van der Waals surface area contributed by atoms with Crippen molar-refractivity contribution in [3.63, 3.8) is 0 Å². The summed E-state index contributed by atoms with van der Waals surface area (Å²) in [5, 5.41) is 16.5. The molecule has 65 heavy (non-hydrogen) atoms. The topological polar surface area (TPSA) is 209 Å². The number of piperidine rings is 2. The van der Waals surface area contributed by atoms with Crippen molar-refractivity contribution < 1.29 is 42.3 Å². The predicted octanol–water partition coefficient (Wildman–Crippen LogP) is 3.12. The minimum atomic E-state index is -2.88. The zero-order chi connectivity index (χ0) is 45.0. The molecule has 0 radical (unpaired) electrons. The van der Waals surface area contributed by atoms with Crippen LogP contribution in [0.4, 0.5) is 26.0 Å². The molecule has 1 unspecified atom stereocenters. The minimum absolute atomic E-state index is 0.0266. The normalized spacial score (nSPS) is 23.6. The van der Waals surface area contributed by atoms with Crippen molar-refractivity contribution in [3.05, 3.63) is 65.2 Å². The molecular weight excluding hydrogens is 847 g/mol. The summed E-state index contributed by atoms with van der Waals surface area (Å²) in [4.78, 5) is 89.5. The van der Waals surface area contributed by atoms with Crippen LogP contribution in [0.25, 0.3) is 5.65 Å². The van der Waals surface area contributed by atoms with E-state index in [0.717, 1.165) is 63.1 Å². The second-order valence-electron chi connectivity index (χ2n) is 18.1. The van der Waals surface area contributed by atoms with E-state index in [0.29, 0.717) is 62.5 Å². The van der Waals surface area contributed by atoms with Gasteiger partial charge in [0.1, 0.15) is 17.4 Å². The highest BCUT2D eigenvalue weighted by atomic mass is 19.3. The number of imide groups is 2. The predicted molar refractivity (Wildman–Crippen MR) is 228 cm³/mol. The summed E-state index contributed by atoms with van der Waals surface area (Å²) in [7, 11) is 0. The van der Waals surface area contributed by atoms with Gasteiger partial charge in [0.25, 0.3) is 24.1 Å². The highest BCUT2D eigenvalue weighted by molar-refractivity contribution is 6.25. The number of morpholine rings is 1. The summed E-state index contributed by atoms with van der Waals surface area (Å²) in [5.41, 5.74) is 0.664. The van der Waals surface area contributed by atoms with Crippen molar-refractivity contribution in [2.75, 3.05) is 81.1 Å². The minimum Gasteiger partial charge on any atom is -0.378 e. The van der Waals surface area contributed by atoms with Gasteiger partial charge in [-0.15, -0.1) is 0 Å². The number of carbonyl (C=O) groups excluding carboxylic acids is 6. The lowest BCUT2D eigenvalue weighted by Crippen LogP contribution is -2.62. The highest BCUT2D eigenvalue weighted by Crippen LogP contribution is 2.42. The molecule has 21 heteroatoms. The Morgan fingerprint density at radius 2 is 1.71 bits per heavy atom. The monoisotopic (exact) mass is 896 g/mol. The molecule has 19 nitrogen and oxygen atoms in total. The number of hydrogen-bond donors (Lipinski definition) is 3. The van der Waals surface area contributed by atoms with E-state index in [1.807, 2.05) is 11.0 Å². The van der Waals surface area contributed by atoms with Gasteiger partial charge in [-0.3, -0.25) is 43.7 Å². The maximum atomic E-state index is 14.3. The van der Waals surface area contributed by atoms with Gasteiger partial charge in [0.15, 0.2) is 11.3 Å². The van der Waals surface area contributed by atoms with E-state index in [1.54, 1.807) is 23.0 Å². The molecule has 5 fully saturated rings. The third kappa shape index (κ3) is 8.19. The zero-order valence-corrected chi connectivity index (χ0v) is 35.7. The van der Waals surface area contributed by atoms with Crippen LogP contribution in [-0.4, -0.2) is 146 Å². The average molecular weight is 897 g/mol. The number of hydrogen-bond acceptors (Lipinski definition) is 13. The first-order valence-electron chi connectivity index (χ1n) is 22.4. The maximum absolute atomic E-state index is 14.3. The molecule has 8 heterocycles. The van der Waals surface area contributed by atoms with E-state index in [-0.39, 0.29) is 59.1 Å². The van der Waals surface area contributed by atoms with E-state index in [9.17, 15) is 37.5 Å². The lowest BCUT2D eigenvalue weighted by atomic mass is 9.71. The third-order valence-corrected chi connectivity index (χ3v) is 14.1. The van der Waals surface area contributed by atoms with Gasteiger partial charge < -0.3 is 30.1 Å². The van der Waals surface area contributed by atoms with Crippen LogP contribution in [-0.2, 0) is 19.1 Å². The first-order chi connectivity index (χ1) is 31.4. The van der Waals surface area contributed by atoms with Crippen LogP contribution in [0.15, 0.2) is 42.9 Å². The molecule has 342 valence electrons. The van der Waals surface area contributed by atoms with Crippen LogP contribution in [0.1, 0.15) is 101 Å². The molecular formula is C44H50F2N12O7. The molecule has 0 bridgehead atoms. The number of alkyl halides is 2. The fourth-order valence-corrected chi connectivity index (χ4v) is 10.4. The van der Waals surface area contributed by atoms with Crippen molar-refractivity contribution in [2.24, 2.45) is 11.3 Å². The standard InChI is InChI=1S/C44H50F2N12O7/c45-38(46)37-31(49-40(61)29-20-48-56-13-10-33(50-39(29)56)54-16-18-65-19-17-54)23-57(52-37)27-6-4-26(5-7-27)22-53-14-11-44(12-15-53)24-55(25-44)35(60)21-47-30-3-1-2-28-36(30)43(64)58(42(28)63)32-8-9-34(59)51-41(32)62/h1-3,10,13,20,23,26-27,32,38,47H,4-9,11-12,14-19,21-22,24-25H2,(H,49,61)(H,51,59,62)/t26-,27-,32?. The summed E-state index contributed by atoms with van der Waals surface area (Å²) in [6.07, 6.45) is 7.17. The maximum Gasteiger partial charge on any atom is 0.284 e. The molecule has 1 aliphatic carbocycles. The molecule has 3 N–H and O–H groups in total. The number of fused-ring (bicyclic) bond motifs is 2. The van der Waals surface area contributed by atoms with Gasteiger partial charge in [-0.2, -0.15) is 10.2 Å². The van der Waals surface area contributed by atoms with Crippen molar-refractivity contribution in [3.8, 4) is 0 Å². The molecule has 6 amide bonds. The fraction of sp³-hybridized carbons (Fsp3) is 0.523. The summed E-state index contributed by atoms with van der Waals surface area (Å²) < 4.78 is 37.1. The van der Waals surface area contributed by atoms with E-state index in [2.05, 4.69) is 40.9 Å². The van der Waals surface area contributed by atoms with E-state index < -0.39 is 47.7 Å². The van der Waals surface area contributed by atoms with Gasteiger partial charge in [0, 0.05) is 62.6 Å². The van der Waals surface area contributed by atoms with Crippen LogP contribution in [0.2, 0.25) is 0 Å². The Bertz CT molecular complexity index is 2550. The van der Waals surface area contributed by atoms with Crippen molar-refractivity contribution in [1.29, 1.82) is 0 Å². The highest BCUT2D eigenvalue weighted by Gasteiger charge is 2.48. The molecule has 1 atom stereocenters. The van der Waals surface area contributed by atoms with Crippen molar-refractivity contribution >= 4 is 58.3 Å². The molecule has 6 aliphatic rings. The number of nitrogens with zero attached hydrogens (tertiary/aromatic N) is 9. The number of halogens is 2. The van der Waals surface area contributed by atoms with Gasteiger partial charge in [0.2, 0.25) is 17.7 Å². The van der Waals surface area contributed by atoms with Crippen LogP contribution in [0.5, 0.6) is 0 Å². The Balaban J connectivity index is 0.679. The molecule has 4 aromatic rings. The van der Waals surface area contributed by atoms with E-state index in [4.69, 9.17) is 4.74 Å². The van der Waals surface area contributed by atoms with Gasteiger partial charge in [-0.25, -0.2) is 18.3 Å². The molecule has 3 aromatic heterocycles. The number of rotatable bonds is 11. The lowest BCUT2D eigenvalue weighted by Gasteiger charge is -2.54. The summed E-state index contributed by atoms with van der Waals surface area (Å²) in [6.45, 7) is 6.52. The third-order valence-electron chi connectivity index (χ3n) is 14.1. The molecule has 5 aliphatic heterocycles. The lowest BCUT2D eigenvalue weighted by molar-refractivity contribution is -0.145. The number of aromatic nitrogens is 5. The Hall–Kier alpha value is -6.35. The first kappa shape index (κ1) is 42.6. The Morgan fingerprint density at radius 1 is 0.938 bits per heavy atom. The molecule has 1 spiro atoms. The summed E-state index contributed by atoms with van der Waals surface area (Å²) in [5.74, 6) is -1.92. The van der Waals surface area contributed by atoms with Gasteiger partial charge in [-0.05, 0) is 82.2 Å². The van der Waals surface area contributed by atoms with Crippen molar-refractivity contribution in [2.45, 2.75) is 69.9 Å². The van der Waals surface area contributed by atoms with Gasteiger partial charge in [-0.1, -0.05) is 6.07 Å². The fourth-order valence-electron chi connectivity index (χ4n) is 10.4. The van der Waals surface area contributed by atoms with Crippen molar-refractivity contribution in [1.82, 2.24) is 44.4 Å². The molecule has 4 saturated heterocycles. The van der Waals surface area contributed by atoms with Crippen LogP contribution < -0.4 is 20.9 Å². The molecule has 10 rings (SSSR count). The Labute approximate surface area is 371 Å². The number of amides is 6.